The molecule has 2 amide bonds. The summed E-state index contributed by atoms with van der Waals surface area (Å²) in [6.45, 7) is 0.490. The van der Waals surface area contributed by atoms with E-state index in [2.05, 4.69) is 5.32 Å². The summed E-state index contributed by atoms with van der Waals surface area (Å²) in [6.07, 6.45) is 0.490. The Morgan fingerprint density at radius 2 is 2.00 bits per heavy atom. The maximum atomic E-state index is 10.2. The lowest BCUT2D eigenvalue weighted by molar-refractivity contribution is -0.0599. The van der Waals surface area contributed by atoms with E-state index in [1.54, 1.807) is 0 Å². The first-order valence-corrected chi connectivity index (χ1v) is 4.19. The largest absolute Gasteiger partial charge is 0.367 e. The second-order valence-corrected chi connectivity index (χ2v) is 2.86. The highest BCUT2D eigenvalue weighted by Gasteiger charge is 2.09. The molecule has 0 radical (unpaired) electrons. The summed E-state index contributed by atoms with van der Waals surface area (Å²) in [7, 11) is 0. The normalized spacial score (nSPS) is 12.9. The van der Waals surface area contributed by atoms with Crippen LogP contribution in [0.3, 0.4) is 0 Å². The van der Waals surface area contributed by atoms with Gasteiger partial charge in [0, 0.05) is 6.54 Å². The average Bonchev–Trinajstić information content (AvgIpc) is 2.02. The first kappa shape index (κ1) is 12.2. The molecule has 0 heterocycles. The van der Waals surface area contributed by atoms with E-state index in [1.807, 2.05) is 0 Å². The van der Waals surface area contributed by atoms with Gasteiger partial charge in [-0.05, 0) is 19.3 Å². The van der Waals surface area contributed by atoms with Gasteiger partial charge in [0.15, 0.2) is 6.29 Å². The van der Waals surface area contributed by atoms with E-state index < -0.39 is 18.4 Å². The SMILES string of the molecule is NC(=O)NCCCC[C@H](N)C(O)O. The van der Waals surface area contributed by atoms with Crippen LogP contribution in [0.4, 0.5) is 4.79 Å². The molecule has 6 heteroatoms. The van der Waals surface area contributed by atoms with Crippen molar-refractivity contribution in [3.63, 3.8) is 0 Å². The number of primary amides is 1. The Bertz CT molecular complexity index is 152. The number of carbonyl (C=O) groups excluding carboxylic acids is 1. The van der Waals surface area contributed by atoms with Gasteiger partial charge < -0.3 is 27.0 Å². The van der Waals surface area contributed by atoms with Crippen molar-refractivity contribution in [3.8, 4) is 0 Å². The molecule has 0 spiro atoms. The van der Waals surface area contributed by atoms with Crippen molar-refractivity contribution in [1.82, 2.24) is 5.32 Å². The number of rotatable bonds is 6. The van der Waals surface area contributed by atoms with Gasteiger partial charge in [0.25, 0.3) is 0 Å². The van der Waals surface area contributed by atoms with Gasteiger partial charge in [0.05, 0.1) is 6.04 Å². The number of hydrogen-bond acceptors (Lipinski definition) is 4. The smallest absolute Gasteiger partial charge is 0.312 e. The molecule has 0 bridgehead atoms. The maximum absolute atomic E-state index is 10.2. The lowest BCUT2D eigenvalue weighted by Crippen LogP contribution is -2.34. The van der Waals surface area contributed by atoms with Crippen molar-refractivity contribution in [1.29, 1.82) is 0 Å². The molecule has 0 aromatic rings. The van der Waals surface area contributed by atoms with E-state index in [9.17, 15) is 4.79 Å². The summed E-state index contributed by atoms with van der Waals surface area (Å²) in [4.78, 5) is 10.2. The first-order valence-electron chi connectivity index (χ1n) is 4.19. The molecular formula is C7H17N3O3. The zero-order chi connectivity index (χ0) is 10.3. The second kappa shape index (κ2) is 6.64. The molecule has 0 aliphatic rings. The van der Waals surface area contributed by atoms with Crippen LogP contribution in [0.1, 0.15) is 19.3 Å². The zero-order valence-corrected chi connectivity index (χ0v) is 7.44. The number of urea groups is 1. The monoisotopic (exact) mass is 191 g/mol. The predicted octanol–water partition coefficient (Wildman–Crippen LogP) is -1.54. The Labute approximate surface area is 76.9 Å². The van der Waals surface area contributed by atoms with Gasteiger partial charge in [-0.2, -0.15) is 0 Å². The molecule has 1 atom stereocenters. The van der Waals surface area contributed by atoms with E-state index >= 15 is 0 Å². The summed E-state index contributed by atoms with van der Waals surface area (Å²) in [5.74, 6) is 0. The van der Waals surface area contributed by atoms with Gasteiger partial charge >= 0.3 is 6.03 Å². The fourth-order valence-electron chi connectivity index (χ4n) is 0.866. The minimum Gasteiger partial charge on any atom is -0.367 e. The number of carbonyl (C=O) groups is 1. The summed E-state index contributed by atoms with van der Waals surface area (Å²) >= 11 is 0. The number of nitrogens with one attached hydrogen (secondary N) is 1. The van der Waals surface area contributed by atoms with E-state index in [-0.39, 0.29) is 0 Å². The molecule has 6 nitrogen and oxygen atoms in total. The second-order valence-electron chi connectivity index (χ2n) is 2.86. The fourth-order valence-corrected chi connectivity index (χ4v) is 0.866. The van der Waals surface area contributed by atoms with Gasteiger partial charge in [-0.1, -0.05) is 0 Å². The molecule has 0 aliphatic carbocycles. The Morgan fingerprint density at radius 1 is 1.38 bits per heavy atom. The molecule has 7 N–H and O–H groups in total. The molecule has 0 fully saturated rings. The fraction of sp³-hybridized carbons (Fsp3) is 0.857. The number of amides is 2. The lowest BCUT2D eigenvalue weighted by atomic mass is 10.1. The van der Waals surface area contributed by atoms with Crippen LogP contribution >= 0.6 is 0 Å². The molecule has 0 aliphatic heterocycles. The highest BCUT2D eigenvalue weighted by molar-refractivity contribution is 5.71. The van der Waals surface area contributed by atoms with Gasteiger partial charge in [-0.3, -0.25) is 0 Å². The van der Waals surface area contributed by atoms with Gasteiger partial charge in [-0.25, -0.2) is 4.79 Å². The standard InChI is InChI=1S/C7H17N3O3/c8-5(6(11)12)3-1-2-4-10-7(9)13/h5-6,11-12H,1-4,8H2,(H3,9,10,13)/t5-/m0/s1. The third-order valence-electron chi connectivity index (χ3n) is 1.65. The minimum absolute atomic E-state index is 0.490. The van der Waals surface area contributed by atoms with Crippen LogP contribution < -0.4 is 16.8 Å². The van der Waals surface area contributed by atoms with Crippen LogP contribution in [0.2, 0.25) is 0 Å². The number of unbranched alkanes of at least 4 members (excludes halogenated alkanes) is 1. The summed E-state index contributed by atoms with van der Waals surface area (Å²) in [6, 6.07) is -1.17. The third-order valence-corrected chi connectivity index (χ3v) is 1.65. The van der Waals surface area contributed by atoms with Crippen LogP contribution in [0, 0.1) is 0 Å². The van der Waals surface area contributed by atoms with Gasteiger partial charge in [0.2, 0.25) is 0 Å². The summed E-state index contributed by atoms with van der Waals surface area (Å²) in [5.41, 5.74) is 10.2. The van der Waals surface area contributed by atoms with E-state index in [0.717, 1.165) is 12.8 Å². The van der Waals surface area contributed by atoms with E-state index in [4.69, 9.17) is 21.7 Å². The summed E-state index contributed by atoms with van der Waals surface area (Å²) in [5, 5.41) is 19.6. The summed E-state index contributed by atoms with van der Waals surface area (Å²) < 4.78 is 0. The quantitative estimate of drug-likeness (QED) is 0.258. The van der Waals surface area contributed by atoms with Crippen LogP contribution in [-0.4, -0.2) is 35.1 Å². The molecule has 0 rings (SSSR count). The molecule has 0 aromatic heterocycles. The van der Waals surface area contributed by atoms with E-state index in [1.165, 1.54) is 0 Å². The molecule has 13 heavy (non-hydrogen) atoms. The number of aliphatic hydroxyl groups is 2. The predicted molar refractivity (Wildman–Crippen MR) is 47.6 cm³/mol. The van der Waals surface area contributed by atoms with Crippen LogP contribution in [0.25, 0.3) is 0 Å². The first-order chi connectivity index (χ1) is 6.04. The topological polar surface area (TPSA) is 122 Å². The van der Waals surface area contributed by atoms with Crippen LogP contribution in [0.15, 0.2) is 0 Å². The van der Waals surface area contributed by atoms with Crippen molar-refractivity contribution < 1.29 is 15.0 Å². The van der Waals surface area contributed by atoms with Crippen LogP contribution in [0.5, 0.6) is 0 Å². The highest BCUT2D eigenvalue weighted by Crippen LogP contribution is 2.00. The number of aliphatic hydroxyl groups excluding tert-OH is 1. The molecule has 0 saturated heterocycles. The van der Waals surface area contributed by atoms with Crippen molar-refractivity contribution in [2.45, 2.75) is 31.6 Å². The number of nitrogens with two attached hydrogens (primary N) is 2. The van der Waals surface area contributed by atoms with Crippen LogP contribution in [-0.2, 0) is 0 Å². The molecular weight excluding hydrogens is 174 g/mol. The molecule has 78 valence electrons. The minimum atomic E-state index is -1.47. The Balaban J connectivity index is 3.21. The Morgan fingerprint density at radius 3 is 2.46 bits per heavy atom. The zero-order valence-electron chi connectivity index (χ0n) is 7.44. The van der Waals surface area contributed by atoms with Crippen molar-refractivity contribution in [3.05, 3.63) is 0 Å². The Kier molecular flexibility index (Phi) is 6.21. The lowest BCUT2D eigenvalue weighted by Gasteiger charge is -2.12. The highest BCUT2D eigenvalue weighted by atomic mass is 16.5. The van der Waals surface area contributed by atoms with Gasteiger partial charge in [-0.15, -0.1) is 0 Å². The van der Waals surface area contributed by atoms with E-state index in [0.29, 0.717) is 13.0 Å². The molecule has 0 aromatic carbocycles. The molecule has 0 unspecified atom stereocenters. The van der Waals surface area contributed by atoms with Gasteiger partial charge in [0.1, 0.15) is 0 Å². The molecule has 0 saturated carbocycles. The van der Waals surface area contributed by atoms with Crippen molar-refractivity contribution in [2.24, 2.45) is 11.5 Å². The average molecular weight is 191 g/mol. The Hall–Kier alpha value is -0.850. The maximum Gasteiger partial charge on any atom is 0.312 e. The number of hydrogen-bond donors (Lipinski definition) is 5. The van der Waals surface area contributed by atoms with Crippen molar-refractivity contribution >= 4 is 6.03 Å². The third kappa shape index (κ3) is 7.51. The van der Waals surface area contributed by atoms with Crippen molar-refractivity contribution in [2.75, 3.05) is 6.54 Å².